The highest BCUT2D eigenvalue weighted by Crippen LogP contribution is 2.29. The van der Waals surface area contributed by atoms with Gasteiger partial charge in [-0.1, -0.05) is 32.0 Å². The summed E-state index contributed by atoms with van der Waals surface area (Å²) in [4.78, 5) is 2.18. The van der Waals surface area contributed by atoms with E-state index in [1.54, 1.807) is 0 Å². The van der Waals surface area contributed by atoms with E-state index in [1.807, 2.05) is 19.2 Å². The van der Waals surface area contributed by atoms with E-state index >= 15 is 0 Å². The largest absolute Gasteiger partial charge is 0.350 e. The molecule has 1 aromatic heterocycles. The summed E-state index contributed by atoms with van der Waals surface area (Å²) in [6.07, 6.45) is 2.08. The zero-order valence-electron chi connectivity index (χ0n) is 11.2. The third kappa shape index (κ3) is 2.00. The zero-order chi connectivity index (χ0) is 13.1. The maximum Gasteiger partial charge on any atom is 0.125 e. The van der Waals surface area contributed by atoms with Crippen LogP contribution >= 0.6 is 0 Å². The van der Waals surface area contributed by atoms with Gasteiger partial charge in [-0.05, 0) is 19.2 Å². The Hall–Kier alpha value is -1.79. The number of nitriles is 1. The highest BCUT2D eigenvalue weighted by atomic mass is 15.1. The quantitative estimate of drug-likeness (QED) is 0.824. The minimum atomic E-state index is -0.161. The molecule has 94 valence electrons. The van der Waals surface area contributed by atoms with E-state index < -0.39 is 0 Å². The second-order valence-electron chi connectivity index (χ2n) is 4.47. The molecule has 0 radical (unpaired) electrons. The fourth-order valence-electron chi connectivity index (χ4n) is 2.53. The molecule has 2 rings (SSSR count). The lowest BCUT2D eigenvalue weighted by Crippen LogP contribution is -2.27. The molecule has 0 bridgehead atoms. The number of aromatic nitrogens is 1. The van der Waals surface area contributed by atoms with Gasteiger partial charge in [-0.3, -0.25) is 4.90 Å². The zero-order valence-corrected chi connectivity index (χ0v) is 11.2. The highest BCUT2D eigenvalue weighted by molar-refractivity contribution is 5.84. The van der Waals surface area contributed by atoms with Gasteiger partial charge < -0.3 is 4.57 Å². The lowest BCUT2D eigenvalue weighted by Gasteiger charge is -2.23. The number of benzene rings is 1. The lowest BCUT2D eigenvalue weighted by molar-refractivity contribution is 0.263. The molecule has 1 aromatic carbocycles. The standard InChI is InChI=1S/C15H19N3/c1-4-18(5-2)15(10-16)13-11-17(3)14-9-7-6-8-12(13)14/h6-9,11,15H,4-5H2,1-3H3. The van der Waals surface area contributed by atoms with E-state index in [9.17, 15) is 5.26 Å². The molecule has 3 nitrogen and oxygen atoms in total. The number of para-hydroxylation sites is 1. The summed E-state index contributed by atoms with van der Waals surface area (Å²) in [6, 6.07) is 10.5. The third-order valence-electron chi connectivity index (χ3n) is 3.52. The summed E-state index contributed by atoms with van der Waals surface area (Å²) in [5, 5.41) is 10.7. The van der Waals surface area contributed by atoms with E-state index in [2.05, 4.69) is 47.7 Å². The summed E-state index contributed by atoms with van der Waals surface area (Å²) >= 11 is 0. The van der Waals surface area contributed by atoms with Crippen molar-refractivity contribution in [2.45, 2.75) is 19.9 Å². The molecule has 0 spiro atoms. The Morgan fingerprint density at radius 2 is 1.94 bits per heavy atom. The smallest absolute Gasteiger partial charge is 0.125 e. The monoisotopic (exact) mass is 241 g/mol. The van der Waals surface area contributed by atoms with Crippen LogP contribution in [-0.4, -0.2) is 22.6 Å². The number of nitrogens with zero attached hydrogens (tertiary/aromatic N) is 3. The minimum absolute atomic E-state index is 0.161. The predicted octanol–water partition coefficient (Wildman–Crippen LogP) is 3.08. The topological polar surface area (TPSA) is 32.0 Å². The van der Waals surface area contributed by atoms with Crippen molar-refractivity contribution in [1.29, 1.82) is 5.26 Å². The predicted molar refractivity (Wildman–Crippen MR) is 74.2 cm³/mol. The molecule has 1 heterocycles. The Morgan fingerprint density at radius 1 is 1.28 bits per heavy atom. The number of rotatable bonds is 4. The molecule has 0 N–H and O–H groups in total. The molecule has 0 amide bonds. The van der Waals surface area contributed by atoms with Crippen LogP contribution in [0.15, 0.2) is 30.5 Å². The van der Waals surface area contributed by atoms with Gasteiger partial charge in [0.1, 0.15) is 6.04 Å². The second kappa shape index (κ2) is 5.24. The first kappa shape index (κ1) is 12.7. The van der Waals surface area contributed by atoms with Crippen LogP contribution in [0.2, 0.25) is 0 Å². The van der Waals surface area contributed by atoms with Gasteiger partial charge in [0.05, 0.1) is 6.07 Å². The molecule has 0 saturated carbocycles. The minimum Gasteiger partial charge on any atom is -0.350 e. The molecule has 2 aromatic rings. The summed E-state index contributed by atoms with van der Waals surface area (Å²) in [5.74, 6) is 0. The molecule has 0 saturated heterocycles. The number of hydrogen-bond donors (Lipinski definition) is 0. The second-order valence-corrected chi connectivity index (χ2v) is 4.47. The third-order valence-corrected chi connectivity index (χ3v) is 3.52. The molecular weight excluding hydrogens is 222 g/mol. The Bertz CT molecular complexity index is 573. The fraction of sp³-hybridized carbons (Fsp3) is 0.400. The molecule has 1 unspecified atom stereocenters. The molecule has 3 heteroatoms. The van der Waals surface area contributed by atoms with Crippen molar-refractivity contribution in [1.82, 2.24) is 9.47 Å². The van der Waals surface area contributed by atoms with Crippen LogP contribution in [0.3, 0.4) is 0 Å². The summed E-state index contributed by atoms with van der Waals surface area (Å²) in [6.45, 7) is 5.97. The van der Waals surface area contributed by atoms with Crippen molar-refractivity contribution in [3.05, 3.63) is 36.0 Å². The van der Waals surface area contributed by atoms with Crippen molar-refractivity contribution in [3.63, 3.8) is 0 Å². The molecule has 1 atom stereocenters. The van der Waals surface area contributed by atoms with Crippen LogP contribution in [0.5, 0.6) is 0 Å². The maximum atomic E-state index is 9.48. The Labute approximate surface area is 108 Å². The van der Waals surface area contributed by atoms with Gasteiger partial charge in [0, 0.05) is 29.7 Å². The van der Waals surface area contributed by atoms with Crippen molar-refractivity contribution in [2.75, 3.05) is 13.1 Å². The lowest BCUT2D eigenvalue weighted by atomic mass is 10.1. The number of fused-ring (bicyclic) bond motifs is 1. The Balaban J connectivity index is 2.56. The van der Waals surface area contributed by atoms with E-state index in [0.29, 0.717) is 0 Å². The SMILES string of the molecule is CCN(CC)C(C#N)c1cn(C)c2ccccc12. The first-order valence-electron chi connectivity index (χ1n) is 6.40. The van der Waals surface area contributed by atoms with Crippen LogP contribution < -0.4 is 0 Å². The van der Waals surface area contributed by atoms with Crippen molar-refractivity contribution < 1.29 is 0 Å². The normalized spacial score (nSPS) is 12.8. The van der Waals surface area contributed by atoms with Crippen LogP contribution in [0.1, 0.15) is 25.5 Å². The van der Waals surface area contributed by atoms with Crippen molar-refractivity contribution in [2.24, 2.45) is 7.05 Å². The molecular formula is C15H19N3. The Morgan fingerprint density at radius 3 is 2.56 bits per heavy atom. The van der Waals surface area contributed by atoms with Gasteiger partial charge in [-0.2, -0.15) is 5.26 Å². The molecule has 0 aliphatic heterocycles. The fourth-order valence-corrected chi connectivity index (χ4v) is 2.53. The van der Waals surface area contributed by atoms with Crippen LogP contribution in [0, 0.1) is 11.3 Å². The summed E-state index contributed by atoms with van der Waals surface area (Å²) in [5.41, 5.74) is 2.29. The van der Waals surface area contributed by atoms with Crippen LogP contribution in [0.25, 0.3) is 10.9 Å². The average molecular weight is 241 g/mol. The van der Waals surface area contributed by atoms with E-state index in [-0.39, 0.29) is 6.04 Å². The van der Waals surface area contributed by atoms with Crippen molar-refractivity contribution in [3.8, 4) is 6.07 Å². The van der Waals surface area contributed by atoms with Gasteiger partial charge in [-0.25, -0.2) is 0 Å². The van der Waals surface area contributed by atoms with Gasteiger partial charge in [0.25, 0.3) is 0 Å². The van der Waals surface area contributed by atoms with E-state index in [1.165, 1.54) is 10.9 Å². The van der Waals surface area contributed by atoms with Gasteiger partial charge in [0.15, 0.2) is 0 Å². The van der Waals surface area contributed by atoms with Crippen LogP contribution in [-0.2, 0) is 7.05 Å². The number of aryl methyl sites for hydroxylation is 1. The number of hydrogen-bond acceptors (Lipinski definition) is 2. The van der Waals surface area contributed by atoms with Gasteiger partial charge >= 0.3 is 0 Å². The first-order valence-corrected chi connectivity index (χ1v) is 6.40. The Kier molecular flexibility index (Phi) is 3.69. The first-order chi connectivity index (χ1) is 8.72. The highest BCUT2D eigenvalue weighted by Gasteiger charge is 2.21. The molecule has 0 fully saturated rings. The molecule has 0 aliphatic rings. The van der Waals surface area contributed by atoms with Gasteiger partial charge in [0.2, 0.25) is 0 Å². The summed E-state index contributed by atoms with van der Waals surface area (Å²) < 4.78 is 2.10. The van der Waals surface area contributed by atoms with E-state index in [0.717, 1.165) is 18.7 Å². The average Bonchev–Trinajstić information content (AvgIpc) is 2.74. The van der Waals surface area contributed by atoms with Gasteiger partial charge in [-0.15, -0.1) is 0 Å². The summed E-state index contributed by atoms with van der Waals surface area (Å²) in [7, 11) is 2.03. The van der Waals surface area contributed by atoms with Crippen molar-refractivity contribution >= 4 is 10.9 Å². The van der Waals surface area contributed by atoms with Crippen LogP contribution in [0.4, 0.5) is 0 Å². The maximum absolute atomic E-state index is 9.48. The van der Waals surface area contributed by atoms with E-state index in [4.69, 9.17) is 0 Å². The molecule has 0 aliphatic carbocycles. The molecule has 18 heavy (non-hydrogen) atoms.